The van der Waals surface area contributed by atoms with E-state index in [2.05, 4.69) is 10.9 Å². The Kier molecular flexibility index (Phi) is 5.21. The number of rotatable bonds is 6. The summed E-state index contributed by atoms with van der Waals surface area (Å²) in [5.41, 5.74) is 5.46. The molecule has 4 aliphatic rings. The molecule has 1 aromatic carbocycles. The molecule has 0 unspecified atom stereocenters. The minimum Gasteiger partial charge on any atom is -0.493 e. The Bertz CT molecular complexity index is 726. The molecule has 6 nitrogen and oxygen atoms in total. The molecule has 0 spiro atoms. The fourth-order valence-corrected chi connectivity index (χ4v) is 5.85. The number of hydrazine groups is 1. The molecule has 152 valence electrons. The highest BCUT2D eigenvalue weighted by Crippen LogP contribution is 2.60. The van der Waals surface area contributed by atoms with Crippen LogP contribution < -0.4 is 20.3 Å². The van der Waals surface area contributed by atoms with E-state index in [4.69, 9.17) is 9.47 Å². The zero-order valence-corrected chi connectivity index (χ0v) is 16.8. The predicted molar refractivity (Wildman–Crippen MR) is 105 cm³/mol. The van der Waals surface area contributed by atoms with Crippen LogP contribution in [-0.2, 0) is 4.79 Å². The standard InChI is InChI=1S/C22H30N2O4/c1-3-6-28-18-5-4-17(10-19(18)27-2)20(25)23-24-21(26)22-11-14-7-15(12-22)9-16(8-14)13-22/h4-5,10,14-16H,3,6-9,11-13H2,1-2H3,(H,23,25)(H,24,26). The van der Waals surface area contributed by atoms with Crippen molar-refractivity contribution in [1.82, 2.24) is 10.9 Å². The first-order valence-electron chi connectivity index (χ1n) is 10.4. The Morgan fingerprint density at radius 2 is 1.68 bits per heavy atom. The molecular formula is C22H30N2O4. The summed E-state index contributed by atoms with van der Waals surface area (Å²) in [6.45, 7) is 2.61. The molecule has 5 rings (SSSR count). The molecule has 4 aliphatic carbocycles. The first kappa shape index (κ1) is 19.1. The molecule has 2 amide bonds. The molecule has 1 aromatic rings. The fraction of sp³-hybridized carbons (Fsp3) is 0.636. The van der Waals surface area contributed by atoms with Crippen LogP contribution >= 0.6 is 0 Å². The number of benzene rings is 1. The van der Waals surface area contributed by atoms with E-state index in [0.29, 0.717) is 41.4 Å². The van der Waals surface area contributed by atoms with E-state index in [0.717, 1.165) is 25.7 Å². The summed E-state index contributed by atoms with van der Waals surface area (Å²) in [6, 6.07) is 5.04. The van der Waals surface area contributed by atoms with Crippen molar-refractivity contribution in [3.63, 3.8) is 0 Å². The smallest absolute Gasteiger partial charge is 0.269 e. The van der Waals surface area contributed by atoms with Crippen molar-refractivity contribution in [2.45, 2.75) is 51.9 Å². The highest BCUT2D eigenvalue weighted by molar-refractivity contribution is 5.96. The lowest BCUT2D eigenvalue weighted by Crippen LogP contribution is -2.56. The van der Waals surface area contributed by atoms with Crippen molar-refractivity contribution in [3.05, 3.63) is 23.8 Å². The Morgan fingerprint density at radius 3 is 2.25 bits per heavy atom. The van der Waals surface area contributed by atoms with Gasteiger partial charge in [0.25, 0.3) is 5.91 Å². The molecule has 0 radical (unpaired) electrons. The highest BCUT2D eigenvalue weighted by Gasteiger charge is 2.54. The van der Waals surface area contributed by atoms with Crippen LogP contribution in [0.2, 0.25) is 0 Å². The monoisotopic (exact) mass is 386 g/mol. The summed E-state index contributed by atoms with van der Waals surface area (Å²) in [4.78, 5) is 25.5. The topological polar surface area (TPSA) is 76.7 Å². The van der Waals surface area contributed by atoms with Crippen LogP contribution in [0.15, 0.2) is 18.2 Å². The summed E-state index contributed by atoms with van der Waals surface area (Å²) in [5.74, 6) is 2.81. The van der Waals surface area contributed by atoms with Crippen LogP contribution in [0.3, 0.4) is 0 Å². The quantitative estimate of drug-likeness (QED) is 0.734. The van der Waals surface area contributed by atoms with Crippen molar-refractivity contribution in [1.29, 1.82) is 0 Å². The first-order chi connectivity index (χ1) is 13.5. The van der Waals surface area contributed by atoms with Crippen molar-refractivity contribution >= 4 is 11.8 Å². The third-order valence-corrected chi connectivity index (χ3v) is 6.70. The van der Waals surface area contributed by atoms with E-state index in [9.17, 15) is 9.59 Å². The Labute approximate surface area is 166 Å². The molecular weight excluding hydrogens is 356 g/mol. The third kappa shape index (κ3) is 3.56. The summed E-state index contributed by atoms with van der Waals surface area (Å²) in [5, 5.41) is 0. The van der Waals surface area contributed by atoms with E-state index in [1.54, 1.807) is 25.3 Å². The SMILES string of the molecule is CCCOc1ccc(C(=O)NNC(=O)C23CC4CC(CC(C4)C2)C3)cc1OC. The molecule has 0 atom stereocenters. The maximum Gasteiger partial charge on any atom is 0.269 e. The van der Waals surface area contributed by atoms with Gasteiger partial charge in [0.15, 0.2) is 11.5 Å². The molecule has 28 heavy (non-hydrogen) atoms. The molecule has 4 fully saturated rings. The number of carbonyl (C=O) groups is 2. The molecule has 4 saturated carbocycles. The lowest BCUT2D eigenvalue weighted by Gasteiger charge is -2.55. The van der Waals surface area contributed by atoms with E-state index < -0.39 is 0 Å². The van der Waals surface area contributed by atoms with Gasteiger partial charge in [0.05, 0.1) is 19.1 Å². The largest absolute Gasteiger partial charge is 0.493 e. The van der Waals surface area contributed by atoms with Crippen LogP contribution in [0, 0.1) is 23.2 Å². The van der Waals surface area contributed by atoms with E-state index >= 15 is 0 Å². The average Bonchev–Trinajstić information content (AvgIpc) is 2.69. The molecule has 0 heterocycles. The van der Waals surface area contributed by atoms with Crippen LogP contribution in [-0.4, -0.2) is 25.5 Å². The lowest BCUT2D eigenvalue weighted by atomic mass is 9.49. The van der Waals surface area contributed by atoms with Gasteiger partial charge in [-0.05, 0) is 80.9 Å². The maximum atomic E-state index is 13.0. The molecule has 0 aliphatic heterocycles. The predicted octanol–water partition coefficient (Wildman–Crippen LogP) is 3.46. The minimum atomic E-state index is -0.349. The van der Waals surface area contributed by atoms with Crippen molar-refractivity contribution < 1.29 is 19.1 Å². The van der Waals surface area contributed by atoms with E-state index in [1.807, 2.05) is 6.92 Å². The fourth-order valence-electron chi connectivity index (χ4n) is 5.85. The second-order valence-electron chi connectivity index (χ2n) is 8.82. The molecule has 4 bridgehead atoms. The van der Waals surface area contributed by atoms with Gasteiger partial charge in [0, 0.05) is 5.56 Å². The van der Waals surface area contributed by atoms with Gasteiger partial charge < -0.3 is 9.47 Å². The van der Waals surface area contributed by atoms with Crippen molar-refractivity contribution in [3.8, 4) is 11.5 Å². The van der Waals surface area contributed by atoms with Crippen LogP contribution in [0.5, 0.6) is 11.5 Å². The number of hydrogen-bond donors (Lipinski definition) is 2. The van der Waals surface area contributed by atoms with E-state index in [-0.39, 0.29) is 17.2 Å². The number of amides is 2. The highest BCUT2D eigenvalue weighted by atomic mass is 16.5. The zero-order chi connectivity index (χ0) is 19.7. The molecule has 0 aromatic heterocycles. The van der Waals surface area contributed by atoms with Crippen LogP contribution in [0.1, 0.15) is 62.2 Å². The zero-order valence-electron chi connectivity index (χ0n) is 16.8. The number of ether oxygens (including phenoxy) is 2. The van der Waals surface area contributed by atoms with Crippen molar-refractivity contribution in [2.75, 3.05) is 13.7 Å². The van der Waals surface area contributed by atoms with Gasteiger partial charge in [0.1, 0.15) is 0 Å². The van der Waals surface area contributed by atoms with Gasteiger partial charge in [0.2, 0.25) is 5.91 Å². The van der Waals surface area contributed by atoms with Gasteiger partial charge in [-0.1, -0.05) is 6.92 Å². The Hall–Kier alpha value is -2.24. The van der Waals surface area contributed by atoms with Crippen molar-refractivity contribution in [2.24, 2.45) is 23.2 Å². The van der Waals surface area contributed by atoms with Gasteiger partial charge in [-0.25, -0.2) is 0 Å². The number of methoxy groups -OCH3 is 1. The summed E-state index contributed by atoms with van der Waals surface area (Å²) in [6.07, 6.45) is 7.65. The van der Waals surface area contributed by atoms with Gasteiger partial charge >= 0.3 is 0 Å². The Balaban J connectivity index is 1.38. The number of carbonyl (C=O) groups excluding carboxylic acids is 2. The molecule has 6 heteroatoms. The summed E-state index contributed by atoms with van der Waals surface area (Å²) in [7, 11) is 1.55. The molecule has 0 saturated heterocycles. The van der Waals surface area contributed by atoms with Gasteiger partial charge in [-0.15, -0.1) is 0 Å². The van der Waals surface area contributed by atoms with E-state index in [1.165, 1.54) is 19.3 Å². The first-order valence-corrected chi connectivity index (χ1v) is 10.4. The number of nitrogens with one attached hydrogen (secondary N) is 2. The average molecular weight is 386 g/mol. The van der Waals surface area contributed by atoms with Gasteiger partial charge in [-0.2, -0.15) is 0 Å². The third-order valence-electron chi connectivity index (χ3n) is 6.70. The summed E-state index contributed by atoms with van der Waals surface area (Å²) >= 11 is 0. The second-order valence-corrected chi connectivity index (χ2v) is 8.82. The maximum absolute atomic E-state index is 13.0. The second kappa shape index (κ2) is 7.64. The normalized spacial score (nSPS) is 30.0. The van der Waals surface area contributed by atoms with Crippen LogP contribution in [0.25, 0.3) is 0 Å². The number of hydrogen-bond acceptors (Lipinski definition) is 4. The minimum absolute atomic E-state index is 0.0187. The van der Waals surface area contributed by atoms with Crippen LogP contribution in [0.4, 0.5) is 0 Å². The molecule has 2 N–H and O–H groups in total. The lowest BCUT2D eigenvalue weighted by molar-refractivity contribution is -0.147. The Morgan fingerprint density at radius 1 is 1.04 bits per heavy atom. The summed E-state index contributed by atoms with van der Waals surface area (Å²) < 4.78 is 11.0. The van der Waals surface area contributed by atoms with Gasteiger partial charge in [-0.3, -0.25) is 20.4 Å².